The molecule has 0 bridgehead atoms. The lowest BCUT2D eigenvalue weighted by Crippen LogP contribution is -2.48. The highest BCUT2D eigenvalue weighted by Gasteiger charge is 2.28. The summed E-state index contributed by atoms with van der Waals surface area (Å²) in [6, 6.07) is -0.425. The van der Waals surface area contributed by atoms with Gasteiger partial charge >= 0.3 is 5.97 Å². The zero-order valence-electron chi connectivity index (χ0n) is 14.9. The molecule has 2 saturated heterocycles. The van der Waals surface area contributed by atoms with E-state index < -0.39 is 6.04 Å². The minimum absolute atomic E-state index is 0.0284. The van der Waals surface area contributed by atoms with Gasteiger partial charge in [0.05, 0.1) is 31.4 Å². The molecule has 0 aliphatic carbocycles. The number of ether oxygens (including phenoxy) is 2. The Labute approximate surface area is 144 Å². The Hall–Kier alpha value is -1.18. The zero-order valence-corrected chi connectivity index (χ0v) is 14.9. The molecule has 0 aromatic rings. The molecule has 2 aliphatic heterocycles. The first-order valence-corrected chi connectivity index (χ1v) is 9.07. The van der Waals surface area contributed by atoms with Crippen molar-refractivity contribution < 1.29 is 19.1 Å². The van der Waals surface area contributed by atoms with Gasteiger partial charge in [0.25, 0.3) is 0 Å². The van der Waals surface area contributed by atoms with Gasteiger partial charge in [-0.15, -0.1) is 0 Å². The molecule has 0 radical (unpaired) electrons. The van der Waals surface area contributed by atoms with Crippen molar-refractivity contribution in [2.75, 3.05) is 39.3 Å². The van der Waals surface area contributed by atoms with Crippen LogP contribution in [0.4, 0.5) is 0 Å². The Balaban J connectivity index is 1.64. The third kappa shape index (κ3) is 5.72. The fourth-order valence-corrected chi connectivity index (χ4v) is 3.37. The highest BCUT2D eigenvalue weighted by atomic mass is 16.5. The fourth-order valence-electron chi connectivity index (χ4n) is 3.37. The summed E-state index contributed by atoms with van der Waals surface area (Å²) < 4.78 is 11.2. The van der Waals surface area contributed by atoms with Crippen LogP contribution < -0.4 is 5.73 Å². The molecule has 138 valence electrons. The van der Waals surface area contributed by atoms with Gasteiger partial charge in [0, 0.05) is 26.2 Å². The van der Waals surface area contributed by atoms with E-state index in [4.69, 9.17) is 15.2 Å². The highest BCUT2D eigenvalue weighted by Crippen LogP contribution is 2.21. The molecule has 0 aromatic heterocycles. The number of carbonyl (C=O) groups excluding carboxylic acids is 2. The molecule has 2 rings (SSSR count). The van der Waals surface area contributed by atoms with Gasteiger partial charge in [-0.1, -0.05) is 0 Å². The first-order valence-electron chi connectivity index (χ1n) is 9.07. The molecule has 1 atom stereocenters. The number of rotatable bonds is 6. The van der Waals surface area contributed by atoms with Crippen molar-refractivity contribution in [1.82, 2.24) is 9.80 Å². The van der Waals surface area contributed by atoms with Crippen LogP contribution in [0.15, 0.2) is 0 Å². The summed E-state index contributed by atoms with van der Waals surface area (Å²) in [6.45, 7) is 7.55. The second-order valence-corrected chi connectivity index (χ2v) is 6.73. The number of nitrogens with two attached hydrogens (primary N) is 1. The van der Waals surface area contributed by atoms with Crippen molar-refractivity contribution in [2.24, 2.45) is 5.73 Å². The molecule has 1 amide bonds. The van der Waals surface area contributed by atoms with Gasteiger partial charge in [-0.25, -0.2) is 0 Å². The van der Waals surface area contributed by atoms with Gasteiger partial charge in [0.1, 0.15) is 0 Å². The van der Waals surface area contributed by atoms with Crippen LogP contribution in [-0.2, 0) is 19.1 Å². The molecule has 7 nitrogen and oxygen atoms in total. The van der Waals surface area contributed by atoms with Gasteiger partial charge in [-0.3, -0.25) is 14.5 Å². The van der Waals surface area contributed by atoms with Crippen molar-refractivity contribution in [2.45, 2.75) is 57.8 Å². The summed E-state index contributed by atoms with van der Waals surface area (Å²) in [5, 5.41) is 0. The molecular formula is C17H31N3O4. The first-order chi connectivity index (χ1) is 11.5. The van der Waals surface area contributed by atoms with Gasteiger partial charge in [-0.05, 0) is 39.5 Å². The number of nitrogens with zero attached hydrogens (tertiary/aromatic N) is 2. The van der Waals surface area contributed by atoms with Gasteiger partial charge in [-0.2, -0.15) is 0 Å². The molecule has 2 fully saturated rings. The third-order valence-corrected chi connectivity index (χ3v) is 4.72. The van der Waals surface area contributed by atoms with Gasteiger partial charge in [0.15, 0.2) is 0 Å². The van der Waals surface area contributed by atoms with Crippen LogP contribution in [0.3, 0.4) is 0 Å². The average molecular weight is 341 g/mol. The molecule has 0 saturated carbocycles. The Kier molecular flexibility index (Phi) is 7.45. The summed E-state index contributed by atoms with van der Waals surface area (Å²) in [4.78, 5) is 27.4. The SMILES string of the molecule is CCOC(=O)CN1CCC(OC2CCN(C(=O)[C@@H](C)N)CC2)CC1. The number of hydrogen-bond acceptors (Lipinski definition) is 6. The Morgan fingerprint density at radius 2 is 1.62 bits per heavy atom. The maximum absolute atomic E-state index is 11.9. The van der Waals surface area contributed by atoms with Crippen molar-refractivity contribution in [3.63, 3.8) is 0 Å². The van der Waals surface area contributed by atoms with E-state index in [1.807, 2.05) is 11.8 Å². The minimum Gasteiger partial charge on any atom is -0.465 e. The third-order valence-electron chi connectivity index (χ3n) is 4.72. The maximum Gasteiger partial charge on any atom is 0.320 e. The molecule has 7 heteroatoms. The van der Waals surface area contributed by atoms with E-state index in [0.717, 1.165) is 51.9 Å². The Bertz CT molecular complexity index is 414. The summed E-state index contributed by atoms with van der Waals surface area (Å²) in [5.41, 5.74) is 5.66. The zero-order chi connectivity index (χ0) is 17.5. The number of hydrogen-bond donors (Lipinski definition) is 1. The number of amides is 1. The predicted molar refractivity (Wildman–Crippen MR) is 90.4 cm³/mol. The average Bonchev–Trinajstić information content (AvgIpc) is 2.57. The molecule has 24 heavy (non-hydrogen) atoms. The van der Waals surface area contributed by atoms with Crippen LogP contribution in [0.1, 0.15) is 39.5 Å². The summed E-state index contributed by atoms with van der Waals surface area (Å²) in [7, 11) is 0. The summed E-state index contributed by atoms with van der Waals surface area (Å²) in [6.07, 6.45) is 4.12. The second kappa shape index (κ2) is 9.34. The summed E-state index contributed by atoms with van der Waals surface area (Å²) in [5.74, 6) is -0.122. The highest BCUT2D eigenvalue weighted by molar-refractivity contribution is 5.81. The summed E-state index contributed by atoms with van der Waals surface area (Å²) >= 11 is 0. The van der Waals surface area contributed by atoms with E-state index >= 15 is 0 Å². The minimum atomic E-state index is -0.425. The first kappa shape index (κ1) is 19.1. The van der Waals surface area contributed by atoms with E-state index in [-0.39, 0.29) is 24.1 Å². The lowest BCUT2D eigenvalue weighted by molar-refractivity contribution is -0.146. The lowest BCUT2D eigenvalue weighted by atomic mass is 10.0. The Morgan fingerprint density at radius 3 is 2.12 bits per heavy atom. The molecule has 0 spiro atoms. The van der Waals surface area contributed by atoms with Gasteiger partial charge in [0.2, 0.25) is 5.91 Å². The molecular weight excluding hydrogens is 310 g/mol. The molecule has 2 heterocycles. The van der Waals surface area contributed by atoms with E-state index in [0.29, 0.717) is 13.2 Å². The lowest BCUT2D eigenvalue weighted by Gasteiger charge is -2.37. The van der Waals surface area contributed by atoms with Crippen molar-refractivity contribution >= 4 is 11.9 Å². The Morgan fingerprint density at radius 1 is 1.08 bits per heavy atom. The van der Waals surface area contributed by atoms with E-state index in [1.165, 1.54) is 0 Å². The molecule has 0 unspecified atom stereocenters. The van der Waals surface area contributed by atoms with Crippen LogP contribution >= 0.6 is 0 Å². The van der Waals surface area contributed by atoms with Crippen LogP contribution in [-0.4, -0.2) is 79.3 Å². The molecule has 2 aliphatic rings. The van der Waals surface area contributed by atoms with E-state index in [1.54, 1.807) is 6.92 Å². The number of esters is 1. The van der Waals surface area contributed by atoms with Crippen LogP contribution in [0.25, 0.3) is 0 Å². The van der Waals surface area contributed by atoms with Crippen molar-refractivity contribution in [3.05, 3.63) is 0 Å². The smallest absolute Gasteiger partial charge is 0.320 e. The normalized spacial score (nSPS) is 22.4. The van der Waals surface area contributed by atoms with Gasteiger partial charge < -0.3 is 20.1 Å². The van der Waals surface area contributed by atoms with Crippen molar-refractivity contribution in [1.29, 1.82) is 0 Å². The monoisotopic (exact) mass is 341 g/mol. The second-order valence-electron chi connectivity index (χ2n) is 6.73. The van der Waals surface area contributed by atoms with E-state index in [9.17, 15) is 9.59 Å². The number of piperidine rings is 2. The molecule has 0 aromatic carbocycles. The van der Waals surface area contributed by atoms with Crippen LogP contribution in [0.5, 0.6) is 0 Å². The fraction of sp³-hybridized carbons (Fsp3) is 0.882. The predicted octanol–water partition coefficient (Wildman–Crippen LogP) is 0.369. The number of likely N-dealkylation sites (tertiary alicyclic amines) is 2. The molecule has 2 N–H and O–H groups in total. The van der Waals surface area contributed by atoms with Crippen molar-refractivity contribution in [3.8, 4) is 0 Å². The van der Waals surface area contributed by atoms with Crippen LogP contribution in [0.2, 0.25) is 0 Å². The van der Waals surface area contributed by atoms with E-state index in [2.05, 4.69) is 4.90 Å². The van der Waals surface area contributed by atoms with Crippen LogP contribution in [0, 0.1) is 0 Å². The quantitative estimate of drug-likeness (QED) is 0.703. The largest absolute Gasteiger partial charge is 0.465 e. The topological polar surface area (TPSA) is 85.1 Å². The maximum atomic E-state index is 11.9. The standard InChI is InChI=1S/C17H31N3O4/c1-3-23-16(21)12-19-8-4-14(5-9-19)24-15-6-10-20(11-7-15)17(22)13(2)18/h13-15H,3-12,18H2,1-2H3/t13-/m1/s1. The number of carbonyl (C=O) groups is 2.